The number of carbonyl (C=O) groups is 11. The molecule has 6 heterocycles. The summed E-state index contributed by atoms with van der Waals surface area (Å²) in [6.07, 6.45) is 4.29. The second kappa shape index (κ2) is 45.3. The fourth-order valence-electron chi connectivity index (χ4n) is 11.3. The summed E-state index contributed by atoms with van der Waals surface area (Å²) in [5.74, 6) is -5.43. The van der Waals surface area contributed by atoms with Gasteiger partial charge in [-0.15, -0.1) is 0 Å². The normalized spacial score (nSPS) is 20.5. The minimum atomic E-state index is -1.00. The van der Waals surface area contributed by atoms with E-state index in [0.29, 0.717) is 95.5 Å². The maximum atomic E-state index is 13.6. The highest BCUT2D eigenvalue weighted by atomic mass is 16.6. The maximum Gasteiger partial charge on any atom is 0.407 e. The standard InChI is InChI=1S/C35H55N3O8.C26H39N3O6.C17H25N3O3/c1-23(2)29-22-44-18-16-30(40)37-27-14-12-24(13-15-27)19-26(31(41)38-29)21-28(39)20-25(32(42)45-34(3,4)5)11-9-10-17-36-33(43)46-35(6,7)8;1-17(2)23-16-35-12-10-24(31)28-21-8-6-18(7-9-21)13-20(25(32)29-23)15-22(30)14-19(26(33)34)5-3-4-11-27;1-11(2)15-10-23-8-7-16(21)19-13-5-3-12(4-6-13)9-14(18)17(22)20-15/h12-15,23,25-26,29H,9-11,16-22H2,1-8H3,(H,36,43)(H,37,40)(H,38,41);6-9,17,19-20,23H,3-5,10-16,27H2,1-2H3,(H,28,31)(H,29,32)(H,33,34);3-6,11,14-15H,7-10,18H2,1-2H3,(H,19,21)(H,20,22)/t25-,26+,29-;19-,20+,23-;14-,15-/m111/s1. The number of carboxylic acids is 1. The van der Waals surface area contributed by atoms with E-state index in [-0.39, 0.29) is 154 Å². The summed E-state index contributed by atoms with van der Waals surface area (Å²) in [5, 5.41) is 29.8. The second-order valence-corrected chi connectivity index (χ2v) is 30.3. The van der Waals surface area contributed by atoms with Crippen LogP contribution in [0.25, 0.3) is 0 Å². The van der Waals surface area contributed by atoms with Gasteiger partial charge in [0.2, 0.25) is 35.4 Å². The number of fused-ring (bicyclic) bond motifs is 36. The van der Waals surface area contributed by atoms with Crippen molar-refractivity contribution in [3.8, 4) is 0 Å². The Kier molecular flexibility index (Phi) is 38.4. The Labute approximate surface area is 614 Å². The summed E-state index contributed by atoms with van der Waals surface area (Å²) in [6, 6.07) is 20.5. The zero-order chi connectivity index (χ0) is 77.1. The van der Waals surface area contributed by atoms with Crippen molar-refractivity contribution in [1.82, 2.24) is 21.3 Å². The number of ketones is 2. The largest absolute Gasteiger partial charge is 0.481 e. The fourth-order valence-corrected chi connectivity index (χ4v) is 11.3. The first kappa shape index (κ1) is 88.2. The number of benzene rings is 3. The molecule has 26 nitrogen and oxygen atoms in total. The molecule has 0 radical (unpaired) electrons. The van der Waals surface area contributed by atoms with Crippen LogP contribution >= 0.6 is 0 Å². The van der Waals surface area contributed by atoms with Crippen molar-refractivity contribution >= 4 is 82.1 Å². The van der Waals surface area contributed by atoms with Crippen LogP contribution in [-0.4, -0.2) is 158 Å². The number of amides is 7. The van der Waals surface area contributed by atoms with E-state index >= 15 is 0 Å². The molecule has 3 aromatic carbocycles. The number of anilines is 3. The van der Waals surface area contributed by atoms with Gasteiger partial charge in [-0.05, 0) is 164 Å². The second-order valence-electron chi connectivity index (χ2n) is 30.3. The van der Waals surface area contributed by atoms with Crippen LogP contribution in [0.1, 0.15) is 183 Å². The predicted octanol–water partition coefficient (Wildman–Crippen LogP) is 8.93. The average Bonchev–Trinajstić information content (AvgIpc) is 1.83. The number of Topliss-reactive ketones (excluding diaryl/α,β-unsaturated/α-hetero) is 2. The van der Waals surface area contributed by atoms with Crippen LogP contribution in [0, 0.1) is 41.4 Å². The highest BCUT2D eigenvalue weighted by molar-refractivity contribution is 5.93. The van der Waals surface area contributed by atoms with Crippen molar-refractivity contribution < 1.29 is 81.5 Å². The smallest absolute Gasteiger partial charge is 0.407 e. The summed E-state index contributed by atoms with van der Waals surface area (Å²) in [5.41, 5.74) is 14.9. The molecule has 6 aliphatic rings. The molecule has 8 atom stereocenters. The van der Waals surface area contributed by atoms with Crippen LogP contribution in [0.2, 0.25) is 0 Å². The molecule has 26 heteroatoms. The number of alkyl carbamates (subject to hydrolysis) is 1. The number of aliphatic carboxylic acids is 1. The number of hydrogen-bond donors (Lipinski definition) is 10. The summed E-state index contributed by atoms with van der Waals surface area (Å²) in [4.78, 5) is 139. The molecule has 0 fully saturated rings. The number of hydrogen-bond acceptors (Lipinski definition) is 18. The quantitative estimate of drug-likeness (QED) is 0.0331. The van der Waals surface area contributed by atoms with E-state index in [1.165, 1.54) is 0 Å². The van der Waals surface area contributed by atoms with Crippen molar-refractivity contribution in [2.75, 3.05) is 68.7 Å². The summed E-state index contributed by atoms with van der Waals surface area (Å²) < 4.78 is 27.8. The molecule has 0 unspecified atom stereocenters. The first-order valence-electron chi connectivity index (χ1n) is 36.8. The number of rotatable bonds is 22. The van der Waals surface area contributed by atoms with Gasteiger partial charge in [-0.3, -0.25) is 47.9 Å². The predicted molar refractivity (Wildman–Crippen MR) is 398 cm³/mol. The van der Waals surface area contributed by atoms with Crippen LogP contribution in [0.15, 0.2) is 72.8 Å². The molecule has 6 aliphatic heterocycles. The minimum absolute atomic E-state index is 0.0450. The highest BCUT2D eigenvalue weighted by Crippen LogP contribution is 2.26. The van der Waals surface area contributed by atoms with Gasteiger partial charge < -0.3 is 77.5 Å². The van der Waals surface area contributed by atoms with Crippen molar-refractivity contribution in [2.24, 2.45) is 52.9 Å². The molecule has 578 valence electrons. The Balaban J connectivity index is 0.000000348. The molecular formula is C78H119N9O17. The summed E-state index contributed by atoms with van der Waals surface area (Å²) in [7, 11) is 0. The van der Waals surface area contributed by atoms with Crippen LogP contribution < -0.4 is 48.7 Å². The lowest BCUT2D eigenvalue weighted by Crippen LogP contribution is -2.49. The number of unbranched alkanes of at least 4 members (excludes halogenated alkanes) is 2. The molecule has 0 saturated heterocycles. The van der Waals surface area contributed by atoms with Gasteiger partial charge in [-0.2, -0.15) is 0 Å². The topological polar surface area (TPSA) is 390 Å². The highest BCUT2D eigenvalue weighted by Gasteiger charge is 2.33. The monoisotopic (exact) mass is 1450 g/mol. The van der Waals surface area contributed by atoms with E-state index in [1.807, 2.05) is 90.1 Å². The molecule has 0 aromatic heterocycles. The van der Waals surface area contributed by atoms with Gasteiger partial charge >= 0.3 is 18.0 Å². The van der Waals surface area contributed by atoms with Gasteiger partial charge in [0, 0.05) is 61.1 Å². The third-order valence-corrected chi connectivity index (χ3v) is 17.6. The zero-order valence-corrected chi connectivity index (χ0v) is 63.4. The van der Waals surface area contributed by atoms with E-state index in [9.17, 15) is 57.8 Å². The van der Waals surface area contributed by atoms with Gasteiger partial charge in [-0.25, -0.2) is 4.79 Å². The van der Waals surface area contributed by atoms with Crippen molar-refractivity contribution in [1.29, 1.82) is 0 Å². The van der Waals surface area contributed by atoms with Crippen LogP contribution in [0.5, 0.6) is 0 Å². The zero-order valence-electron chi connectivity index (χ0n) is 63.4. The van der Waals surface area contributed by atoms with Crippen molar-refractivity contribution in [3.05, 3.63) is 89.5 Å². The van der Waals surface area contributed by atoms with Crippen LogP contribution in [0.3, 0.4) is 0 Å². The van der Waals surface area contributed by atoms with E-state index in [4.69, 9.17) is 35.2 Å². The first-order chi connectivity index (χ1) is 49.1. The summed E-state index contributed by atoms with van der Waals surface area (Å²) in [6.45, 7) is 25.1. The maximum absolute atomic E-state index is 13.6. The number of nitrogens with two attached hydrogens (primary N) is 2. The molecule has 0 spiro atoms. The van der Waals surface area contributed by atoms with E-state index in [2.05, 4.69) is 37.2 Å². The molecule has 9 rings (SSSR count). The summed E-state index contributed by atoms with van der Waals surface area (Å²) >= 11 is 0. The molecule has 104 heavy (non-hydrogen) atoms. The Morgan fingerprint density at radius 2 is 0.865 bits per heavy atom. The molecule has 0 saturated carbocycles. The number of carboxylic acid groups (broad SMARTS) is 1. The van der Waals surface area contributed by atoms with E-state index in [0.717, 1.165) is 22.4 Å². The van der Waals surface area contributed by atoms with Crippen molar-refractivity contribution in [2.45, 2.75) is 221 Å². The van der Waals surface area contributed by atoms with Gasteiger partial charge in [0.05, 0.1) is 94.9 Å². The van der Waals surface area contributed by atoms with Crippen LogP contribution in [-0.2, 0) is 90.9 Å². The van der Waals surface area contributed by atoms with Gasteiger partial charge in [0.25, 0.3) is 0 Å². The lowest BCUT2D eigenvalue weighted by molar-refractivity contribution is -0.161. The lowest BCUT2D eigenvalue weighted by atomic mass is 9.88. The third-order valence-electron chi connectivity index (χ3n) is 17.6. The number of ether oxygens (including phenoxy) is 5. The van der Waals surface area contributed by atoms with E-state index < -0.39 is 58.9 Å². The minimum Gasteiger partial charge on any atom is -0.481 e. The molecule has 7 amide bonds. The lowest BCUT2D eigenvalue weighted by Gasteiger charge is -2.26. The number of esters is 1. The Hall–Kier alpha value is -8.17. The molecule has 6 bridgehead atoms. The molecule has 12 N–H and O–H groups in total. The van der Waals surface area contributed by atoms with Crippen molar-refractivity contribution in [3.63, 3.8) is 0 Å². The van der Waals surface area contributed by atoms with Gasteiger partial charge in [0.1, 0.15) is 22.8 Å². The third kappa shape index (κ3) is 36.0. The number of carbonyl (C=O) groups excluding carboxylic acids is 10. The average molecular weight is 1450 g/mol. The fraction of sp³-hybridized carbons (Fsp3) is 0.628. The Morgan fingerprint density at radius 1 is 0.510 bits per heavy atom. The Morgan fingerprint density at radius 3 is 1.23 bits per heavy atom. The van der Waals surface area contributed by atoms with E-state index in [1.54, 1.807) is 65.8 Å². The molecule has 3 aromatic rings. The molecule has 0 aliphatic carbocycles. The van der Waals surface area contributed by atoms with Crippen LogP contribution in [0.4, 0.5) is 21.9 Å². The van der Waals surface area contributed by atoms with Gasteiger partial charge in [0.15, 0.2) is 0 Å². The number of nitrogens with one attached hydrogen (secondary N) is 7. The Bertz CT molecular complexity index is 3220. The van der Waals surface area contributed by atoms with Gasteiger partial charge in [-0.1, -0.05) is 90.8 Å². The first-order valence-corrected chi connectivity index (χ1v) is 36.8. The SMILES string of the molecule is CC(C)[C@H]1COCCC(=O)Nc2ccc(cc2)C[C@@H](CC(=O)C[C@@H](CCCCN)C(=O)O)C(=O)N1.CC(C)[C@H]1COCCC(=O)Nc2ccc(cc2)C[C@@H](CC(=O)C[C@@H](CCCCNC(=O)OC(C)(C)C)C(=O)OC(C)(C)C)C(=O)N1.CC(C)[C@H]1COCCC(=O)Nc2ccc(cc2)C[C@@H](N)C(=O)N1. The molecular weight excluding hydrogens is 1330 g/mol.